The van der Waals surface area contributed by atoms with E-state index in [0.29, 0.717) is 17.4 Å². The Balaban J connectivity index is 1.83. The number of benzene rings is 1. The monoisotopic (exact) mass is 275 g/mol. The predicted octanol–water partition coefficient (Wildman–Crippen LogP) is 2.42. The van der Waals surface area contributed by atoms with Gasteiger partial charge in [0.2, 0.25) is 0 Å². The first-order chi connectivity index (χ1) is 9.45. The van der Waals surface area contributed by atoms with Gasteiger partial charge in [-0.05, 0) is 29.9 Å². The Morgan fingerprint density at radius 1 is 1.30 bits per heavy atom. The lowest BCUT2D eigenvalue weighted by Crippen LogP contribution is -2.50. The Kier molecular flexibility index (Phi) is 3.17. The van der Waals surface area contributed by atoms with E-state index >= 15 is 0 Å². The molecule has 0 saturated carbocycles. The number of anilines is 1. The summed E-state index contributed by atoms with van der Waals surface area (Å²) < 4.78 is 0. The van der Waals surface area contributed by atoms with Gasteiger partial charge in [-0.1, -0.05) is 13.8 Å². The van der Waals surface area contributed by atoms with Gasteiger partial charge >= 0.3 is 0 Å². The first kappa shape index (κ1) is 13.4. The van der Waals surface area contributed by atoms with Crippen LogP contribution in [0.15, 0.2) is 24.3 Å². The number of nitrogens with one attached hydrogen (secondary N) is 1. The van der Waals surface area contributed by atoms with Gasteiger partial charge in [0.15, 0.2) is 0 Å². The Morgan fingerprint density at radius 3 is 2.60 bits per heavy atom. The zero-order valence-corrected chi connectivity index (χ0v) is 12.0. The van der Waals surface area contributed by atoms with Crippen molar-refractivity contribution in [1.82, 2.24) is 5.32 Å². The van der Waals surface area contributed by atoms with Crippen LogP contribution in [0.25, 0.3) is 0 Å². The number of hydrogen-bond donors (Lipinski definition) is 1. The summed E-state index contributed by atoms with van der Waals surface area (Å²) in [7, 11) is 0. The second-order valence-electron chi connectivity index (χ2n) is 6.70. The van der Waals surface area contributed by atoms with Gasteiger partial charge in [-0.15, -0.1) is 0 Å². The Labute approximate surface area is 119 Å². The highest BCUT2D eigenvalue weighted by atomic mass is 16.6. The molecule has 108 valence electrons. The number of nitrogens with zero attached hydrogens (tertiary/aromatic N) is 2. The molecule has 0 aromatic heterocycles. The van der Waals surface area contributed by atoms with E-state index in [9.17, 15) is 10.1 Å². The highest BCUT2D eigenvalue weighted by Crippen LogP contribution is 2.38. The topological polar surface area (TPSA) is 58.4 Å². The Morgan fingerprint density at radius 2 is 2.00 bits per heavy atom. The van der Waals surface area contributed by atoms with Crippen molar-refractivity contribution in [3.63, 3.8) is 0 Å². The highest BCUT2D eigenvalue weighted by Gasteiger charge is 2.41. The van der Waals surface area contributed by atoms with Crippen molar-refractivity contribution in [3.8, 4) is 0 Å². The second-order valence-corrected chi connectivity index (χ2v) is 6.70. The van der Waals surface area contributed by atoms with Crippen molar-refractivity contribution < 1.29 is 4.92 Å². The number of rotatable bonds is 2. The molecule has 20 heavy (non-hydrogen) atoms. The minimum Gasteiger partial charge on any atom is -0.370 e. The fourth-order valence-electron chi connectivity index (χ4n) is 3.59. The molecule has 2 atom stereocenters. The Hall–Kier alpha value is -1.62. The summed E-state index contributed by atoms with van der Waals surface area (Å²) in [5, 5.41) is 14.4. The Bertz CT molecular complexity index is 512. The highest BCUT2D eigenvalue weighted by molar-refractivity contribution is 5.51. The van der Waals surface area contributed by atoms with Crippen molar-refractivity contribution in [1.29, 1.82) is 0 Å². The van der Waals surface area contributed by atoms with Crippen molar-refractivity contribution in [3.05, 3.63) is 34.4 Å². The molecule has 3 saturated heterocycles. The van der Waals surface area contributed by atoms with Crippen molar-refractivity contribution in [2.75, 3.05) is 24.5 Å². The van der Waals surface area contributed by atoms with E-state index in [0.717, 1.165) is 25.3 Å². The fraction of sp³-hybridized carbons (Fsp3) is 0.600. The second kappa shape index (κ2) is 4.74. The fourth-order valence-corrected chi connectivity index (χ4v) is 3.59. The number of hydrogen-bond acceptors (Lipinski definition) is 4. The van der Waals surface area contributed by atoms with Crippen LogP contribution in [0.1, 0.15) is 20.3 Å². The lowest BCUT2D eigenvalue weighted by Gasteiger charge is -2.39. The molecule has 3 fully saturated rings. The van der Waals surface area contributed by atoms with E-state index in [-0.39, 0.29) is 10.6 Å². The zero-order chi connectivity index (χ0) is 14.3. The molecule has 0 amide bonds. The molecule has 3 heterocycles. The summed E-state index contributed by atoms with van der Waals surface area (Å²) >= 11 is 0. The largest absolute Gasteiger partial charge is 0.370 e. The molecule has 2 bridgehead atoms. The molecule has 3 aliphatic rings. The smallest absolute Gasteiger partial charge is 0.269 e. The third-order valence-corrected chi connectivity index (χ3v) is 4.72. The van der Waals surface area contributed by atoms with Crippen LogP contribution in [0.2, 0.25) is 0 Å². The summed E-state index contributed by atoms with van der Waals surface area (Å²) in [4.78, 5) is 12.7. The zero-order valence-electron chi connectivity index (χ0n) is 12.0. The molecule has 4 rings (SSSR count). The quantitative estimate of drug-likeness (QED) is 0.665. The van der Waals surface area contributed by atoms with Crippen LogP contribution in [0.3, 0.4) is 0 Å². The summed E-state index contributed by atoms with van der Waals surface area (Å²) in [5.41, 5.74) is 1.57. The lowest BCUT2D eigenvalue weighted by atomic mass is 9.75. The molecule has 1 aromatic carbocycles. The molecule has 1 N–H and O–H groups in total. The van der Waals surface area contributed by atoms with E-state index in [1.807, 2.05) is 12.1 Å². The van der Waals surface area contributed by atoms with Gasteiger partial charge in [-0.2, -0.15) is 0 Å². The van der Waals surface area contributed by atoms with E-state index in [1.165, 1.54) is 6.42 Å². The van der Waals surface area contributed by atoms with Crippen molar-refractivity contribution >= 4 is 11.4 Å². The van der Waals surface area contributed by atoms with Gasteiger partial charge in [0.05, 0.1) is 4.92 Å². The molecule has 3 aliphatic heterocycles. The van der Waals surface area contributed by atoms with Crippen LogP contribution in [0.4, 0.5) is 11.4 Å². The van der Waals surface area contributed by atoms with E-state index < -0.39 is 0 Å². The van der Waals surface area contributed by atoms with Crippen LogP contribution >= 0.6 is 0 Å². The summed E-state index contributed by atoms with van der Waals surface area (Å²) in [6.45, 7) is 7.75. The van der Waals surface area contributed by atoms with Crippen LogP contribution < -0.4 is 10.2 Å². The summed E-state index contributed by atoms with van der Waals surface area (Å²) in [6.07, 6.45) is 1.24. The van der Waals surface area contributed by atoms with E-state index in [2.05, 4.69) is 24.1 Å². The summed E-state index contributed by atoms with van der Waals surface area (Å²) in [6, 6.07) is 7.42. The van der Waals surface area contributed by atoms with E-state index in [4.69, 9.17) is 0 Å². The number of fused-ring (bicyclic) bond motifs is 4. The normalized spacial score (nSPS) is 28.2. The number of piperidine rings is 1. The SMILES string of the molecule is CC1(C)CC2CNC1CN(c1ccc([N+](=O)[O-])cc1)C2. The third kappa shape index (κ3) is 2.38. The molecule has 0 aliphatic carbocycles. The summed E-state index contributed by atoms with van der Waals surface area (Å²) in [5.74, 6) is 0.652. The van der Waals surface area contributed by atoms with Crippen molar-refractivity contribution in [2.24, 2.45) is 11.3 Å². The van der Waals surface area contributed by atoms with Gasteiger partial charge < -0.3 is 10.2 Å². The maximum Gasteiger partial charge on any atom is 0.269 e. The molecular weight excluding hydrogens is 254 g/mol. The molecule has 5 heteroatoms. The molecular formula is C15H21N3O2. The standard InChI is InChI=1S/C15H21N3O2/c1-15(2)7-11-8-16-14(15)10-17(9-11)12-3-5-13(6-4-12)18(19)20/h3-6,11,14,16H,7-10H2,1-2H3. The van der Waals surface area contributed by atoms with Gasteiger partial charge in [0, 0.05) is 43.5 Å². The van der Waals surface area contributed by atoms with Crippen LogP contribution in [0, 0.1) is 21.4 Å². The molecule has 5 nitrogen and oxygen atoms in total. The number of non-ortho nitro benzene ring substituents is 1. The minimum absolute atomic E-state index is 0.157. The van der Waals surface area contributed by atoms with Gasteiger partial charge in [-0.25, -0.2) is 0 Å². The average Bonchev–Trinajstić information content (AvgIpc) is 2.67. The number of nitro benzene ring substituents is 1. The minimum atomic E-state index is -0.347. The average molecular weight is 275 g/mol. The first-order valence-electron chi connectivity index (χ1n) is 7.18. The number of nitro groups is 1. The molecule has 1 aromatic rings. The predicted molar refractivity (Wildman–Crippen MR) is 79.0 cm³/mol. The van der Waals surface area contributed by atoms with Crippen molar-refractivity contribution in [2.45, 2.75) is 26.3 Å². The maximum absolute atomic E-state index is 10.7. The van der Waals surface area contributed by atoms with Crippen LogP contribution in [-0.4, -0.2) is 30.6 Å². The van der Waals surface area contributed by atoms with Gasteiger partial charge in [-0.3, -0.25) is 10.1 Å². The van der Waals surface area contributed by atoms with Gasteiger partial charge in [0.25, 0.3) is 5.69 Å². The first-order valence-corrected chi connectivity index (χ1v) is 7.18. The maximum atomic E-state index is 10.7. The lowest BCUT2D eigenvalue weighted by molar-refractivity contribution is -0.384. The molecule has 0 spiro atoms. The van der Waals surface area contributed by atoms with E-state index in [1.54, 1.807) is 12.1 Å². The van der Waals surface area contributed by atoms with Gasteiger partial charge in [0.1, 0.15) is 0 Å². The third-order valence-electron chi connectivity index (χ3n) is 4.72. The molecule has 2 unspecified atom stereocenters. The van der Waals surface area contributed by atoms with Crippen LogP contribution in [-0.2, 0) is 0 Å². The van der Waals surface area contributed by atoms with Crippen LogP contribution in [0.5, 0.6) is 0 Å². The molecule has 0 radical (unpaired) electrons.